The first-order chi connectivity index (χ1) is 9.37. The predicted molar refractivity (Wildman–Crippen MR) is 83.3 cm³/mol. The maximum atomic E-state index is 12.3. The number of benzene rings is 2. The van der Waals surface area contributed by atoms with Crippen LogP contribution in [0, 0.1) is 20.8 Å². The van der Waals surface area contributed by atoms with E-state index in [1.807, 2.05) is 63.2 Å². The van der Waals surface area contributed by atoms with E-state index >= 15 is 0 Å². The highest BCUT2D eigenvalue weighted by Crippen LogP contribution is 2.20. The fourth-order valence-corrected chi connectivity index (χ4v) is 3.39. The van der Waals surface area contributed by atoms with E-state index in [4.69, 9.17) is 0 Å². The summed E-state index contributed by atoms with van der Waals surface area (Å²) in [6.07, 6.45) is 0. The van der Waals surface area contributed by atoms with Crippen LogP contribution in [0.2, 0.25) is 0 Å². The number of hydrogen-bond acceptors (Lipinski definition) is 2. The molecule has 0 bridgehead atoms. The summed E-state index contributed by atoms with van der Waals surface area (Å²) in [5, 5.41) is 0. The minimum Gasteiger partial charge on any atom is -0.283 e. The van der Waals surface area contributed by atoms with Gasteiger partial charge in [0.25, 0.3) is 0 Å². The maximum absolute atomic E-state index is 12.3. The van der Waals surface area contributed by atoms with Crippen LogP contribution < -0.4 is 4.72 Å². The number of hydrogen-bond donors (Lipinski definition) is 1. The molecule has 3 nitrogen and oxygen atoms in total. The molecule has 0 amide bonds. The van der Waals surface area contributed by atoms with Crippen LogP contribution in [0.3, 0.4) is 0 Å². The van der Waals surface area contributed by atoms with Crippen molar-refractivity contribution in [3.63, 3.8) is 0 Å². The van der Waals surface area contributed by atoms with E-state index < -0.39 is 10.0 Å². The van der Waals surface area contributed by atoms with Crippen molar-refractivity contribution in [1.29, 1.82) is 0 Å². The largest absolute Gasteiger partial charge is 0.283 e. The third-order valence-corrected chi connectivity index (χ3v) is 4.49. The summed E-state index contributed by atoms with van der Waals surface area (Å²) in [6, 6.07) is 13.3. The van der Waals surface area contributed by atoms with Crippen LogP contribution in [0.25, 0.3) is 0 Å². The van der Waals surface area contributed by atoms with E-state index in [1.54, 1.807) is 0 Å². The first-order valence-electron chi connectivity index (χ1n) is 6.50. The average molecular weight is 289 g/mol. The van der Waals surface area contributed by atoms with Gasteiger partial charge in [-0.3, -0.25) is 4.72 Å². The van der Waals surface area contributed by atoms with Crippen LogP contribution in [0.4, 0.5) is 5.69 Å². The Labute approximate surface area is 120 Å². The Morgan fingerprint density at radius 1 is 0.950 bits per heavy atom. The zero-order valence-electron chi connectivity index (χ0n) is 12.0. The lowest BCUT2D eigenvalue weighted by atomic mass is 10.1. The van der Waals surface area contributed by atoms with E-state index in [-0.39, 0.29) is 5.75 Å². The van der Waals surface area contributed by atoms with Crippen LogP contribution in [-0.4, -0.2) is 8.42 Å². The van der Waals surface area contributed by atoms with Gasteiger partial charge in [-0.2, -0.15) is 0 Å². The zero-order valence-corrected chi connectivity index (χ0v) is 12.8. The Hall–Kier alpha value is -1.81. The van der Waals surface area contributed by atoms with Crippen LogP contribution in [0.15, 0.2) is 42.5 Å². The van der Waals surface area contributed by atoms with Crippen molar-refractivity contribution in [2.24, 2.45) is 0 Å². The molecule has 0 saturated carbocycles. The molecular formula is C16H19NO2S. The third-order valence-electron chi connectivity index (χ3n) is 3.27. The summed E-state index contributed by atoms with van der Waals surface area (Å²) in [7, 11) is -3.40. The van der Waals surface area contributed by atoms with Gasteiger partial charge in [-0.15, -0.1) is 0 Å². The summed E-state index contributed by atoms with van der Waals surface area (Å²) in [4.78, 5) is 0. The fourth-order valence-electron chi connectivity index (χ4n) is 2.03. The van der Waals surface area contributed by atoms with Gasteiger partial charge in [0.05, 0.1) is 11.4 Å². The summed E-state index contributed by atoms with van der Waals surface area (Å²) in [5.74, 6) is -0.00689. The summed E-state index contributed by atoms with van der Waals surface area (Å²) in [5.41, 5.74) is 4.41. The summed E-state index contributed by atoms with van der Waals surface area (Å²) < 4.78 is 27.2. The molecule has 0 radical (unpaired) electrons. The van der Waals surface area contributed by atoms with Crippen molar-refractivity contribution in [1.82, 2.24) is 0 Å². The molecule has 0 aliphatic heterocycles. The van der Waals surface area contributed by atoms with Gasteiger partial charge in [-0.1, -0.05) is 36.4 Å². The van der Waals surface area contributed by atoms with Crippen LogP contribution >= 0.6 is 0 Å². The van der Waals surface area contributed by atoms with Gasteiger partial charge in [0.1, 0.15) is 0 Å². The normalized spacial score (nSPS) is 11.3. The Morgan fingerprint density at radius 3 is 2.35 bits per heavy atom. The highest BCUT2D eigenvalue weighted by atomic mass is 32.2. The van der Waals surface area contributed by atoms with Crippen molar-refractivity contribution in [3.05, 3.63) is 64.7 Å². The van der Waals surface area contributed by atoms with Gasteiger partial charge in [0.15, 0.2) is 0 Å². The zero-order chi connectivity index (χ0) is 14.8. The molecule has 2 aromatic carbocycles. The van der Waals surface area contributed by atoms with Crippen LogP contribution in [0.1, 0.15) is 22.3 Å². The molecule has 0 atom stereocenters. The molecule has 0 fully saturated rings. The lowest BCUT2D eigenvalue weighted by molar-refractivity contribution is 0.600. The van der Waals surface area contributed by atoms with E-state index in [9.17, 15) is 8.42 Å². The molecule has 0 saturated heterocycles. The van der Waals surface area contributed by atoms with E-state index in [0.29, 0.717) is 5.69 Å². The monoisotopic (exact) mass is 289 g/mol. The number of anilines is 1. The Balaban J connectivity index is 2.24. The second-order valence-electron chi connectivity index (χ2n) is 5.11. The molecule has 0 heterocycles. The van der Waals surface area contributed by atoms with Crippen LogP contribution in [-0.2, 0) is 15.8 Å². The van der Waals surface area contributed by atoms with Gasteiger partial charge >= 0.3 is 0 Å². The molecule has 20 heavy (non-hydrogen) atoms. The van der Waals surface area contributed by atoms with Crippen molar-refractivity contribution in [2.75, 3.05) is 4.72 Å². The molecule has 1 N–H and O–H groups in total. The first-order valence-corrected chi connectivity index (χ1v) is 8.15. The minimum absolute atomic E-state index is 0.00689. The molecule has 0 spiro atoms. The topological polar surface area (TPSA) is 46.2 Å². The standard InChI is InChI=1S/C16H19NO2S/c1-12-8-9-14(3)16(10-12)17-20(18,19)11-15-7-5-4-6-13(15)2/h4-10,17H,11H2,1-3H3. The van der Waals surface area contributed by atoms with E-state index in [2.05, 4.69) is 4.72 Å². The number of sulfonamides is 1. The number of aryl methyl sites for hydroxylation is 3. The van der Waals surface area contributed by atoms with Crippen molar-refractivity contribution < 1.29 is 8.42 Å². The number of nitrogens with one attached hydrogen (secondary N) is 1. The lowest BCUT2D eigenvalue weighted by Gasteiger charge is -2.12. The molecule has 0 unspecified atom stereocenters. The van der Waals surface area contributed by atoms with Gasteiger partial charge in [-0.25, -0.2) is 8.42 Å². The van der Waals surface area contributed by atoms with E-state index in [0.717, 1.165) is 22.3 Å². The summed E-state index contributed by atoms with van der Waals surface area (Å²) in [6.45, 7) is 5.76. The molecule has 4 heteroatoms. The highest BCUT2D eigenvalue weighted by Gasteiger charge is 2.14. The van der Waals surface area contributed by atoms with Gasteiger partial charge in [0, 0.05) is 0 Å². The molecular weight excluding hydrogens is 270 g/mol. The second-order valence-corrected chi connectivity index (χ2v) is 6.83. The van der Waals surface area contributed by atoms with Crippen molar-refractivity contribution in [3.8, 4) is 0 Å². The molecule has 0 aromatic heterocycles. The Kier molecular flexibility index (Phi) is 4.14. The fraction of sp³-hybridized carbons (Fsp3) is 0.250. The lowest BCUT2D eigenvalue weighted by Crippen LogP contribution is -2.16. The van der Waals surface area contributed by atoms with Gasteiger partial charge in [-0.05, 0) is 49.1 Å². The maximum Gasteiger partial charge on any atom is 0.236 e. The number of rotatable bonds is 4. The molecule has 0 aliphatic rings. The minimum atomic E-state index is -3.40. The molecule has 0 aliphatic carbocycles. The van der Waals surface area contributed by atoms with Crippen molar-refractivity contribution in [2.45, 2.75) is 26.5 Å². The van der Waals surface area contributed by atoms with E-state index in [1.165, 1.54) is 0 Å². The Morgan fingerprint density at radius 2 is 1.65 bits per heavy atom. The quantitative estimate of drug-likeness (QED) is 0.935. The Bertz CT molecular complexity index is 721. The first kappa shape index (κ1) is 14.6. The predicted octanol–water partition coefficient (Wildman–Crippen LogP) is 3.55. The van der Waals surface area contributed by atoms with Gasteiger partial charge < -0.3 is 0 Å². The van der Waals surface area contributed by atoms with Crippen LogP contribution in [0.5, 0.6) is 0 Å². The molecule has 106 valence electrons. The van der Waals surface area contributed by atoms with Gasteiger partial charge in [0.2, 0.25) is 10.0 Å². The SMILES string of the molecule is Cc1ccc(C)c(NS(=O)(=O)Cc2ccccc2C)c1. The summed E-state index contributed by atoms with van der Waals surface area (Å²) >= 11 is 0. The smallest absolute Gasteiger partial charge is 0.236 e. The second kappa shape index (κ2) is 5.67. The van der Waals surface area contributed by atoms with Crippen molar-refractivity contribution >= 4 is 15.7 Å². The third kappa shape index (κ3) is 3.61. The molecule has 2 aromatic rings. The average Bonchev–Trinajstić information content (AvgIpc) is 2.36. The molecule has 2 rings (SSSR count). The highest BCUT2D eigenvalue weighted by molar-refractivity contribution is 7.91.